The molecule has 1 aliphatic heterocycles. The number of fused-ring (bicyclic) bond motifs is 1. The van der Waals surface area contributed by atoms with Gasteiger partial charge in [0.1, 0.15) is 0 Å². The van der Waals surface area contributed by atoms with Crippen LogP contribution in [-0.4, -0.2) is 53.1 Å². The Hall–Kier alpha value is -3.20. The highest BCUT2D eigenvalue weighted by Gasteiger charge is 2.42. The molecule has 2 aromatic rings. The van der Waals surface area contributed by atoms with Gasteiger partial charge in [0.15, 0.2) is 11.5 Å². The van der Waals surface area contributed by atoms with Crippen molar-refractivity contribution in [3.63, 3.8) is 0 Å². The summed E-state index contributed by atoms with van der Waals surface area (Å²) in [5, 5.41) is 2.46. The van der Waals surface area contributed by atoms with Crippen molar-refractivity contribution < 1.29 is 28.1 Å². The number of anilines is 1. The van der Waals surface area contributed by atoms with Crippen LogP contribution in [0.25, 0.3) is 0 Å². The lowest BCUT2D eigenvalue weighted by atomic mass is 10.1. The number of ether oxygens (including phenoxy) is 2. The Balaban J connectivity index is 2.09. The highest BCUT2D eigenvalue weighted by molar-refractivity contribution is 7.84. The number of methoxy groups -OCH3 is 1. The second-order valence-corrected chi connectivity index (χ2v) is 8.05. The van der Waals surface area contributed by atoms with Crippen LogP contribution in [0.15, 0.2) is 36.4 Å². The summed E-state index contributed by atoms with van der Waals surface area (Å²) in [6.07, 6.45) is 1.96. The molecule has 1 N–H and O–H groups in total. The SMILES string of the molecule is CCOc1cc([C@@H](CS(C)=O)N2C(=O)c3cccc(NC=O)c3C2=O)ccc1OC. The number of imide groups is 1. The normalized spacial score (nSPS) is 14.8. The largest absolute Gasteiger partial charge is 0.493 e. The topological polar surface area (TPSA) is 102 Å². The molecule has 0 aliphatic carbocycles. The minimum absolute atomic E-state index is 0.0554. The van der Waals surface area contributed by atoms with Crippen LogP contribution in [0.1, 0.15) is 39.2 Å². The molecule has 1 heterocycles. The molecule has 158 valence electrons. The van der Waals surface area contributed by atoms with Crippen LogP contribution < -0.4 is 14.8 Å². The first-order valence-electron chi connectivity index (χ1n) is 9.24. The smallest absolute Gasteiger partial charge is 0.264 e. The maximum atomic E-state index is 13.2. The Morgan fingerprint density at radius 3 is 2.57 bits per heavy atom. The highest BCUT2D eigenvalue weighted by atomic mass is 32.2. The summed E-state index contributed by atoms with van der Waals surface area (Å²) in [6, 6.07) is 8.98. The summed E-state index contributed by atoms with van der Waals surface area (Å²) in [5.41, 5.74) is 1.16. The minimum Gasteiger partial charge on any atom is -0.493 e. The summed E-state index contributed by atoms with van der Waals surface area (Å²) < 4.78 is 23.0. The molecule has 1 unspecified atom stereocenters. The summed E-state index contributed by atoms with van der Waals surface area (Å²) in [4.78, 5) is 38.4. The number of hydrogen-bond donors (Lipinski definition) is 1. The second-order valence-electron chi connectivity index (χ2n) is 6.57. The average molecular weight is 430 g/mol. The predicted octanol–water partition coefficient (Wildman–Crippen LogP) is 2.38. The Morgan fingerprint density at radius 1 is 1.17 bits per heavy atom. The molecule has 3 rings (SSSR count). The number of hydrogen-bond acceptors (Lipinski definition) is 6. The van der Waals surface area contributed by atoms with E-state index in [1.807, 2.05) is 6.92 Å². The molecule has 9 heteroatoms. The molecular formula is C21H22N2O6S. The third kappa shape index (κ3) is 3.93. The Bertz CT molecular complexity index is 1020. The maximum Gasteiger partial charge on any atom is 0.264 e. The number of carbonyl (C=O) groups excluding carboxylic acids is 3. The summed E-state index contributed by atoms with van der Waals surface area (Å²) >= 11 is 0. The fourth-order valence-corrected chi connectivity index (χ4v) is 4.27. The van der Waals surface area contributed by atoms with Crippen molar-refractivity contribution in [1.82, 2.24) is 4.90 Å². The van der Waals surface area contributed by atoms with Crippen LogP contribution in [-0.2, 0) is 15.6 Å². The third-order valence-corrected chi connectivity index (χ3v) is 5.52. The number of amides is 3. The van der Waals surface area contributed by atoms with Crippen LogP contribution in [0, 0.1) is 0 Å². The van der Waals surface area contributed by atoms with Crippen LogP contribution in [0.2, 0.25) is 0 Å². The lowest BCUT2D eigenvalue weighted by Crippen LogP contribution is -2.37. The van der Waals surface area contributed by atoms with Crippen LogP contribution in [0.4, 0.5) is 5.69 Å². The molecule has 30 heavy (non-hydrogen) atoms. The Kier molecular flexibility index (Phi) is 6.51. The van der Waals surface area contributed by atoms with Gasteiger partial charge in [-0.15, -0.1) is 0 Å². The number of benzene rings is 2. The first-order valence-corrected chi connectivity index (χ1v) is 11.0. The van der Waals surface area contributed by atoms with Gasteiger partial charge in [-0.1, -0.05) is 12.1 Å². The van der Waals surface area contributed by atoms with E-state index < -0.39 is 28.7 Å². The van der Waals surface area contributed by atoms with E-state index in [0.29, 0.717) is 30.1 Å². The lowest BCUT2D eigenvalue weighted by Gasteiger charge is -2.26. The summed E-state index contributed by atoms with van der Waals surface area (Å²) in [7, 11) is 0.212. The van der Waals surface area contributed by atoms with E-state index in [4.69, 9.17) is 9.47 Å². The van der Waals surface area contributed by atoms with Crippen molar-refractivity contribution in [3.05, 3.63) is 53.1 Å². The summed E-state index contributed by atoms with van der Waals surface area (Å²) in [6.45, 7) is 2.23. The maximum absolute atomic E-state index is 13.2. The van der Waals surface area contributed by atoms with E-state index in [9.17, 15) is 18.6 Å². The number of nitrogens with one attached hydrogen (secondary N) is 1. The summed E-state index contributed by atoms with van der Waals surface area (Å²) in [5.74, 6) is -0.0288. The fraction of sp³-hybridized carbons (Fsp3) is 0.286. The number of nitrogens with zero attached hydrogens (tertiary/aromatic N) is 1. The van der Waals surface area contributed by atoms with Gasteiger partial charge in [0, 0.05) is 22.8 Å². The van der Waals surface area contributed by atoms with E-state index in [0.717, 1.165) is 4.90 Å². The quantitative estimate of drug-likeness (QED) is 0.484. The van der Waals surface area contributed by atoms with E-state index in [2.05, 4.69) is 5.32 Å². The van der Waals surface area contributed by atoms with Crippen LogP contribution in [0.3, 0.4) is 0 Å². The van der Waals surface area contributed by atoms with Gasteiger partial charge in [-0.05, 0) is 36.8 Å². The molecule has 0 fully saturated rings. The van der Waals surface area contributed by atoms with Crippen LogP contribution >= 0.6 is 0 Å². The van der Waals surface area contributed by atoms with E-state index in [-0.39, 0.29) is 22.6 Å². The lowest BCUT2D eigenvalue weighted by molar-refractivity contribution is -0.105. The zero-order chi connectivity index (χ0) is 21.8. The molecule has 0 bridgehead atoms. The molecule has 0 saturated heterocycles. The van der Waals surface area contributed by atoms with Crippen molar-refractivity contribution in [1.29, 1.82) is 0 Å². The van der Waals surface area contributed by atoms with Gasteiger partial charge in [-0.2, -0.15) is 0 Å². The van der Waals surface area contributed by atoms with Gasteiger partial charge in [-0.3, -0.25) is 23.5 Å². The fourth-order valence-electron chi connectivity index (χ4n) is 3.48. The van der Waals surface area contributed by atoms with Crippen molar-refractivity contribution >= 4 is 34.7 Å². The van der Waals surface area contributed by atoms with E-state index in [1.165, 1.54) is 19.4 Å². The molecular weight excluding hydrogens is 408 g/mol. The van der Waals surface area contributed by atoms with Gasteiger partial charge < -0.3 is 14.8 Å². The van der Waals surface area contributed by atoms with Crippen molar-refractivity contribution in [3.8, 4) is 11.5 Å². The first-order chi connectivity index (χ1) is 14.4. The molecule has 2 aromatic carbocycles. The molecule has 3 amide bonds. The van der Waals surface area contributed by atoms with Gasteiger partial charge >= 0.3 is 0 Å². The number of carbonyl (C=O) groups is 3. The first kappa shape index (κ1) is 21.5. The standard InChI is InChI=1S/C21H22N2O6S/c1-4-29-18-10-13(8-9-17(18)28-2)16(11-30(3)27)23-20(25)14-6-5-7-15(22-12-24)19(14)21(23)26/h5-10,12,16H,4,11H2,1-3H3,(H,22,24)/t16-,30?/m1/s1. The molecule has 2 atom stereocenters. The molecule has 0 radical (unpaired) electrons. The third-order valence-electron chi connectivity index (χ3n) is 4.74. The predicted molar refractivity (Wildman–Crippen MR) is 112 cm³/mol. The van der Waals surface area contributed by atoms with Gasteiger partial charge in [0.2, 0.25) is 6.41 Å². The molecule has 0 spiro atoms. The van der Waals surface area contributed by atoms with Crippen molar-refractivity contribution in [2.45, 2.75) is 13.0 Å². The Labute approximate surface area is 176 Å². The van der Waals surface area contributed by atoms with Crippen molar-refractivity contribution in [2.24, 2.45) is 0 Å². The van der Waals surface area contributed by atoms with E-state index >= 15 is 0 Å². The van der Waals surface area contributed by atoms with Gasteiger partial charge in [0.25, 0.3) is 11.8 Å². The monoisotopic (exact) mass is 430 g/mol. The zero-order valence-corrected chi connectivity index (χ0v) is 17.7. The van der Waals surface area contributed by atoms with E-state index in [1.54, 1.807) is 30.3 Å². The molecule has 0 aromatic heterocycles. The molecule has 0 saturated carbocycles. The minimum atomic E-state index is -1.30. The zero-order valence-electron chi connectivity index (χ0n) is 16.8. The van der Waals surface area contributed by atoms with Gasteiger partial charge in [-0.25, -0.2) is 0 Å². The second kappa shape index (κ2) is 9.08. The Morgan fingerprint density at radius 2 is 1.93 bits per heavy atom. The van der Waals surface area contributed by atoms with Crippen molar-refractivity contribution in [2.75, 3.05) is 31.0 Å². The highest BCUT2D eigenvalue weighted by Crippen LogP contribution is 2.38. The van der Waals surface area contributed by atoms with Gasteiger partial charge in [0.05, 0.1) is 36.6 Å². The molecule has 8 nitrogen and oxygen atoms in total. The molecule has 1 aliphatic rings. The van der Waals surface area contributed by atoms with Crippen LogP contribution in [0.5, 0.6) is 11.5 Å². The number of rotatable bonds is 9. The average Bonchev–Trinajstić information content (AvgIpc) is 2.98.